The molecule has 3 nitrogen and oxygen atoms in total. The van der Waals surface area contributed by atoms with Crippen molar-refractivity contribution in [3.05, 3.63) is 41.7 Å². The molecular weight excluding hydrogens is 257 g/mol. The molecule has 0 fully saturated rings. The maximum absolute atomic E-state index is 13.6. The molecule has 0 saturated heterocycles. The molecule has 0 spiro atoms. The minimum Gasteiger partial charge on any atom is -0.494 e. The fraction of sp³-hybridized carbons (Fsp3) is 0.312. The van der Waals surface area contributed by atoms with Gasteiger partial charge in [0.15, 0.2) is 11.6 Å². The maximum Gasteiger partial charge on any atom is 0.216 e. The second-order valence-electron chi connectivity index (χ2n) is 4.36. The van der Waals surface area contributed by atoms with Crippen molar-refractivity contribution < 1.29 is 13.9 Å². The van der Waals surface area contributed by atoms with Gasteiger partial charge < -0.3 is 10.1 Å². The van der Waals surface area contributed by atoms with E-state index in [0.29, 0.717) is 13.0 Å². The molecule has 2 rings (SSSR count). The number of fused-ring (bicyclic) bond motifs is 1. The molecule has 0 bridgehead atoms. The van der Waals surface area contributed by atoms with Crippen LogP contribution >= 0.6 is 0 Å². The van der Waals surface area contributed by atoms with E-state index in [2.05, 4.69) is 5.32 Å². The van der Waals surface area contributed by atoms with Crippen molar-refractivity contribution in [3.63, 3.8) is 0 Å². The van der Waals surface area contributed by atoms with E-state index in [1.54, 1.807) is 6.07 Å². The third-order valence-electron chi connectivity index (χ3n) is 3.01. The Bertz CT molecular complexity index is 611. The SMILES string of the molecule is C.COc1cc2c(CCNC(C)=O)cccc2cc1F. The Labute approximate surface area is 118 Å². The Kier molecular flexibility index (Phi) is 5.50. The van der Waals surface area contributed by atoms with Crippen LogP contribution < -0.4 is 10.1 Å². The van der Waals surface area contributed by atoms with E-state index in [9.17, 15) is 9.18 Å². The Morgan fingerprint density at radius 3 is 2.75 bits per heavy atom. The summed E-state index contributed by atoms with van der Waals surface area (Å²) < 4.78 is 18.6. The minimum atomic E-state index is -0.367. The summed E-state index contributed by atoms with van der Waals surface area (Å²) in [6.07, 6.45) is 0.700. The monoisotopic (exact) mass is 277 g/mol. The summed E-state index contributed by atoms with van der Waals surface area (Å²) in [5.41, 5.74) is 1.06. The molecule has 0 heterocycles. The molecule has 0 aliphatic carbocycles. The fourth-order valence-electron chi connectivity index (χ4n) is 2.09. The highest BCUT2D eigenvalue weighted by atomic mass is 19.1. The largest absolute Gasteiger partial charge is 0.494 e. The number of halogens is 1. The van der Waals surface area contributed by atoms with Gasteiger partial charge >= 0.3 is 0 Å². The Hall–Kier alpha value is -2.10. The van der Waals surface area contributed by atoms with E-state index in [-0.39, 0.29) is 24.9 Å². The van der Waals surface area contributed by atoms with Gasteiger partial charge in [-0.25, -0.2) is 4.39 Å². The van der Waals surface area contributed by atoms with E-state index in [1.165, 1.54) is 20.1 Å². The predicted octanol–water partition coefficient (Wildman–Crippen LogP) is 3.30. The molecule has 108 valence electrons. The maximum atomic E-state index is 13.6. The molecule has 0 aliphatic rings. The number of benzene rings is 2. The second-order valence-corrected chi connectivity index (χ2v) is 4.36. The quantitative estimate of drug-likeness (QED) is 0.931. The molecule has 20 heavy (non-hydrogen) atoms. The highest BCUT2D eigenvalue weighted by Gasteiger charge is 2.08. The van der Waals surface area contributed by atoms with Gasteiger partial charge in [0.1, 0.15) is 0 Å². The first-order valence-electron chi connectivity index (χ1n) is 6.11. The summed E-state index contributed by atoms with van der Waals surface area (Å²) in [5.74, 6) is -0.183. The molecule has 0 radical (unpaired) electrons. The van der Waals surface area contributed by atoms with Crippen LogP contribution in [0, 0.1) is 5.82 Å². The van der Waals surface area contributed by atoms with E-state index >= 15 is 0 Å². The fourth-order valence-corrected chi connectivity index (χ4v) is 2.09. The van der Waals surface area contributed by atoms with Gasteiger partial charge in [0.05, 0.1) is 7.11 Å². The highest BCUT2D eigenvalue weighted by Crippen LogP contribution is 2.27. The van der Waals surface area contributed by atoms with Crippen LogP contribution in [-0.4, -0.2) is 19.6 Å². The topological polar surface area (TPSA) is 38.3 Å². The van der Waals surface area contributed by atoms with Crippen LogP contribution in [0.25, 0.3) is 10.8 Å². The van der Waals surface area contributed by atoms with Crippen LogP contribution in [0.3, 0.4) is 0 Å². The summed E-state index contributed by atoms with van der Waals surface area (Å²) >= 11 is 0. The van der Waals surface area contributed by atoms with Crippen LogP contribution in [0.1, 0.15) is 19.9 Å². The lowest BCUT2D eigenvalue weighted by molar-refractivity contribution is -0.118. The molecule has 4 heteroatoms. The van der Waals surface area contributed by atoms with Crippen LogP contribution in [0.15, 0.2) is 30.3 Å². The Morgan fingerprint density at radius 1 is 1.35 bits per heavy atom. The molecule has 0 aliphatic heterocycles. The first kappa shape index (κ1) is 16.0. The molecule has 2 aromatic carbocycles. The van der Waals surface area contributed by atoms with Crippen molar-refractivity contribution in [2.75, 3.05) is 13.7 Å². The van der Waals surface area contributed by atoms with E-state index in [1.807, 2.05) is 18.2 Å². The number of nitrogens with one attached hydrogen (secondary N) is 1. The van der Waals surface area contributed by atoms with Gasteiger partial charge in [-0.2, -0.15) is 0 Å². The zero-order chi connectivity index (χ0) is 13.8. The molecular formula is C16H20FNO2. The number of carbonyl (C=O) groups excluding carboxylic acids is 1. The minimum absolute atomic E-state index is 0. The van der Waals surface area contributed by atoms with Crippen molar-refractivity contribution >= 4 is 16.7 Å². The number of rotatable bonds is 4. The summed E-state index contributed by atoms with van der Waals surface area (Å²) in [6.45, 7) is 2.05. The van der Waals surface area contributed by atoms with Crippen LogP contribution in [0.5, 0.6) is 5.75 Å². The third-order valence-corrected chi connectivity index (χ3v) is 3.01. The molecule has 1 N–H and O–H groups in total. The first-order valence-corrected chi connectivity index (χ1v) is 6.11. The van der Waals surface area contributed by atoms with E-state index in [0.717, 1.165) is 16.3 Å². The molecule has 2 aromatic rings. The molecule has 0 saturated carbocycles. The zero-order valence-electron chi connectivity index (χ0n) is 11.0. The van der Waals surface area contributed by atoms with Gasteiger partial charge in [-0.05, 0) is 34.9 Å². The predicted molar refractivity (Wildman–Crippen MR) is 79.6 cm³/mol. The number of methoxy groups -OCH3 is 1. The lowest BCUT2D eigenvalue weighted by Crippen LogP contribution is -2.22. The average molecular weight is 277 g/mol. The smallest absolute Gasteiger partial charge is 0.216 e. The lowest BCUT2D eigenvalue weighted by Gasteiger charge is -2.09. The van der Waals surface area contributed by atoms with E-state index < -0.39 is 0 Å². The number of amides is 1. The molecule has 0 unspecified atom stereocenters. The zero-order valence-corrected chi connectivity index (χ0v) is 11.0. The molecule has 1 amide bonds. The normalized spacial score (nSPS) is 9.95. The van der Waals surface area contributed by atoms with Crippen molar-refractivity contribution in [2.24, 2.45) is 0 Å². The number of carbonyl (C=O) groups is 1. The third kappa shape index (κ3) is 3.47. The van der Waals surface area contributed by atoms with Gasteiger partial charge in [-0.3, -0.25) is 4.79 Å². The van der Waals surface area contributed by atoms with Gasteiger partial charge in [-0.1, -0.05) is 25.6 Å². The van der Waals surface area contributed by atoms with Gasteiger partial charge in [0, 0.05) is 13.5 Å². The standard InChI is InChI=1S/C15H16FNO2.CH4/c1-10(18)17-7-6-11-4-3-5-12-8-14(16)15(19-2)9-13(11)12;/h3-5,8-9H,6-7H2,1-2H3,(H,17,18);1H4. The van der Waals surface area contributed by atoms with Crippen molar-refractivity contribution in [2.45, 2.75) is 20.8 Å². The second kappa shape index (κ2) is 6.89. The summed E-state index contributed by atoms with van der Waals surface area (Å²) in [6, 6.07) is 8.89. The summed E-state index contributed by atoms with van der Waals surface area (Å²) in [5, 5.41) is 4.54. The Morgan fingerprint density at radius 2 is 2.10 bits per heavy atom. The summed E-state index contributed by atoms with van der Waals surface area (Å²) in [4.78, 5) is 10.9. The first-order chi connectivity index (χ1) is 9.11. The van der Waals surface area contributed by atoms with Crippen molar-refractivity contribution in [3.8, 4) is 5.75 Å². The van der Waals surface area contributed by atoms with Crippen LogP contribution in [0.2, 0.25) is 0 Å². The Balaban J connectivity index is 0.00000200. The number of ether oxygens (including phenoxy) is 1. The van der Waals surface area contributed by atoms with Crippen molar-refractivity contribution in [1.82, 2.24) is 5.32 Å². The van der Waals surface area contributed by atoms with Gasteiger partial charge in [0.2, 0.25) is 5.91 Å². The molecule has 0 aromatic heterocycles. The van der Waals surface area contributed by atoms with Gasteiger partial charge in [0.25, 0.3) is 0 Å². The van der Waals surface area contributed by atoms with Crippen LogP contribution in [0.4, 0.5) is 4.39 Å². The van der Waals surface area contributed by atoms with Crippen molar-refractivity contribution in [1.29, 1.82) is 0 Å². The number of hydrogen-bond donors (Lipinski definition) is 1. The molecule has 0 atom stereocenters. The lowest BCUT2D eigenvalue weighted by atomic mass is 10.0. The van der Waals surface area contributed by atoms with Crippen LogP contribution in [-0.2, 0) is 11.2 Å². The summed E-state index contributed by atoms with van der Waals surface area (Å²) in [7, 11) is 1.45. The van der Waals surface area contributed by atoms with Gasteiger partial charge in [-0.15, -0.1) is 0 Å². The van der Waals surface area contributed by atoms with E-state index in [4.69, 9.17) is 4.74 Å². The average Bonchev–Trinajstić information content (AvgIpc) is 2.37. The highest BCUT2D eigenvalue weighted by molar-refractivity contribution is 5.87. The number of hydrogen-bond acceptors (Lipinski definition) is 2.